The fraction of sp³-hybridized carbons (Fsp3) is 0.286. The molecule has 7 nitrogen and oxygen atoms in total. The molecule has 2 N–H and O–H groups in total. The average Bonchev–Trinajstić information content (AvgIpc) is 2.70. The average molecular weight is 191 g/mol. The first kappa shape index (κ1) is 8.54. The smallest absolute Gasteiger partial charge is 0.193 e. The molecule has 2 rings (SSSR count). The van der Waals surface area contributed by atoms with Gasteiger partial charge in [0.2, 0.25) is 0 Å². The van der Waals surface area contributed by atoms with E-state index in [1.165, 1.54) is 0 Å². The summed E-state index contributed by atoms with van der Waals surface area (Å²) in [6, 6.07) is 3.73. The second-order valence-corrected chi connectivity index (χ2v) is 2.74. The fourth-order valence-electron chi connectivity index (χ4n) is 0.920. The highest BCUT2D eigenvalue weighted by atomic mass is 15.5. The molecule has 2 aromatic rings. The van der Waals surface area contributed by atoms with Crippen molar-refractivity contribution in [3.8, 4) is 0 Å². The van der Waals surface area contributed by atoms with Crippen LogP contribution in [-0.2, 0) is 6.54 Å². The third-order valence-corrected chi connectivity index (χ3v) is 1.61. The molecule has 14 heavy (non-hydrogen) atoms. The summed E-state index contributed by atoms with van der Waals surface area (Å²) >= 11 is 0. The maximum Gasteiger partial charge on any atom is 0.193 e. The van der Waals surface area contributed by atoms with Gasteiger partial charge in [-0.3, -0.25) is 0 Å². The van der Waals surface area contributed by atoms with Crippen LogP contribution in [0.4, 0.5) is 5.82 Å². The number of hydrogen-bond donors (Lipinski definition) is 2. The zero-order valence-electron chi connectivity index (χ0n) is 7.60. The Morgan fingerprint density at radius 1 is 1.29 bits per heavy atom. The van der Waals surface area contributed by atoms with Crippen molar-refractivity contribution in [3.63, 3.8) is 0 Å². The number of nitrogens with zero attached hydrogens (tertiary/aromatic N) is 5. The maximum absolute atomic E-state index is 3.93. The molecule has 0 aliphatic heterocycles. The first-order valence-electron chi connectivity index (χ1n) is 4.11. The maximum atomic E-state index is 3.93. The highest BCUT2D eigenvalue weighted by Gasteiger charge is 1.98. The molecule has 72 valence electrons. The zero-order chi connectivity index (χ0) is 9.80. The van der Waals surface area contributed by atoms with Crippen LogP contribution < -0.4 is 5.32 Å². The molecule has 0 unspecified atom stereocenters. The van der Waals surface area contributed by atoms with Gasteiger partial charge in [-0.1, -0.05) is 5.21 Å². The lowest BCUT2D eigenvalue weighted by Crippen LogP contribution is -2.04. The Labute approximate surface area is 79.9 Å². The Hall–Kier alpha value is -2.05. The SMILES string of the molecule is Cc1ccc(NCc2nn[nH]n2)nn1. The molecule has 0 aliphatic carbocycles. The highest BCUT2D eigenvalue weighted by Crippen LogP contribution is 2.01. The summed E-state index contributed by atoms with van der Waals surface area (Å²) in [6.45, 7) is 2.37. The topological polar surface area (TPSA) is 92.3 Å². The van der Waals surface area contributed by atoms with Gasteiger partial charge in [0.1, 0.15) is 5.82 Å². The number of aryl methyl sites for hydroxylation is 1. The first-order chi connectivity index (χ1) is 6.84. The van der Waals surface area contributed by atoms with Gasteiger partial charge in [0, 0.05) is 0 Å². The van der Waals surface area contributed by atoms with Gasteiger partial charge in [-0.15, -0.1) is 15.3 Å². The molecule has 0 atom stereocenters. The van der Waals surface area contributed by atoms with Gasteiger partial charge >= 0.3 is 0 Å². The molecule has 2 heterocycles. The van der Waals surface area contributed by atoms with Crippen LogP contribution in [0.1, 0.15) is 11.5 Å². The van der Waals surface area contributed by atoms with Crippen LogP contribution in [0.15, 0.2) is 12.1 Å². The van der Waals surface area contributed by atoms with Crippen LogP contribution in [0.3, 0.4) is 0 Å². The van der Waals surface area contributed by atoms with Gasteiger partial charge < -0.3 is 5.32 Å². The van der Waals surface area contributed by atoms with Crippen LogP contribution >= 0.6 is 0 Å². The molecule has 0 saturated carbocycles. The molecular weight excluding hydrogens is 182 g/mol. The van der Waals surface area contributed by atoms with E-state index in [1.807, 2.05) is 19.1 Å². The van der Waals surface area contributed by atoms with Gasteiger partial charge in [-0.2, -0.15) is 10.3 Å². The van der Waals surface area contributed by atoms with E-state index in [-0.39, 0.29) is 0 Å². The molecule has 0 saturated heterocycles. The minimum atomic E-state index is 0.480. The van der Waals surface area contributed by atoms with Crippen molar-refractivity contribution in [2.75, 3.05) is 5.32 Å². The van der Waals surface area contributed by atoms with E-state index in [9.17, 15) is 0 Å². The summed E-state index contributed by atoms with van der Waals surface area (Å²) in [7, 11) is 0. The number of hydrogen-bond acceptors (Lipinski definition) is 6. The van der Waals surface area contributed by atoms with Crippen molar-refractivity contribution in [3.05, 3.63) is 23.7 Å². The molecule has 0 fully saturated rings. The van der Waals surface area contributed by atoms with Crippen molar-refractivity contribution in [2.45, 2.75) is 13.5 Å². The van der Waals surface area contributed by atoms with E-state index in [0.29, 0.717) is 18.2 Å². The summed E-state index contributed by atoms with van der Waals surface area (Å²) in [4.78, 5) is 0. The Bertz CT molecular complexity index is 379. The minimum Gasteiger partial charge on any atom is -0.361 e. The standard InChI is InChI=1S/C7H9N7/c1-5-2-3-6(10-9-5)8-4-7-11-13-14-12-7/h2-3H,4H2,1H3,(H,8,10)(H,11,12,13,14). The van der Waals surface area contributed by atoms with E-state index in [1.54, 1.807) is 0 Å². The van der Waals surface area contributed by atoms with E-state index in [0.717, 1.165) is 5.69 Å². The number of anilines is 1. The molecule has 0 bridgehead atoms. The molecule has 7 heteroatoms. The number of rotatable bonds is 3. The van der Waals surface area contributed by atoms with E-state index in [2.05, 4.69) is 36.1 Å². The van der Waals surface area contributed by atoms with Crippen molar-refractivity contribution in [1.82, 2.24) is 30.8 Å². The van der Waals surface area contributed by atoms with Gasteiger partial charge in [-0.25, -0.2) is 0 Å². The van der Waals surface area contributed by atoms with Crippen LogP contribution in [0.2, 0.25) is 0 Å². The molecule has 0 aliphatic rings. The number of H-pyrrole nitrogens is 1. The summed E-state index contributed by atoms with van der Waals surface area (Å²) in [6.07, 6.45) is 0. The number of aromatic nitrogens is 6. The Balaban J connectivity index is 1.95. The molecule has 2 aromatic heterocycles. The van der Waals surface area contributed by atoms with Gasteiger partial charge in [0.05, 0.1) is 12.2 Å². The lowest BCUT2D eigenvalue weighted by molar-refractivity contribution is 0.881. The predicted molar refractivity (Wildman–Crippen MR) is 48.3 cm³/mol. The summed E-state index contributed by atoms with van der Waals surface area (Å²) in [5.41, 5.74) is 0.884. The van der Waals surface area contributed by atoms with Gasteiger partial charge in [0.15, 0.2) is 5.82 Å². The van der Waals surface area contributed by atoms with Gasteiger partial charge in [0.25, 0.3) is 0 Å². The second-order valence-electron chi connectivity index (χ2n) is 2.74. The molecular formula is C7H9N7. The predicted octanol–water partition coefficient (Wildman–Crippen LogP) is -0.0898. The second kappa shape index (κ2) is 3.77. The monoisotopic (exact) mass is 191 g/mol. The summed E-state index contributed by atoms with van der Waals surface area (Å²) < 4.78 is 0. The summed E-state index contributed by atoms with van der Waals surface area (Å²) in [5, 5.41) is 24.2. The van der Waals surface area contributed by atoms with Crippen molar-refractivity contribution >= 4 is 5.82 Å². The van der Waals surface area contributed by atoms with Crippen LogP contribution in [0.25, 0.3) is 0 Å². The molecule has 0 radical (unpaired) electrons. The van der Waals surface area contributed by atoms with Gasteiger partial charge in [-0.05, 0) is 19.1 Å². The molecule has 0 amide bonds. The molecule has 0 aromatic carbocycles. The van der Waals surface area contributed by atoms with E-state index < -0.39 is 0 Å². The molecule has 0 spiro atoms. The van der Waals surface area contributed by atoms with Crippen LogP contribution in [0.5, 0.6) is 0 Å². The van der Waals surface area contributed by atoms with Crippen molar-refractivity contribution in [1.29, 1.82) is 0 Å². The van der Waals surface area contributed by atoms with E-state index in [4.69, 9.17) is 0 Å². The largest absolute Gasteiger partial charge is 0.361 e. The third kappa shape index (κ3) is 2.00. The van der Waals surface area contributed by atoms with Crippen molar-refractivity contribution < 1.29 is 0 Å². The lowest BCUT2D eigenvalue weighted by atomic mass is 10.4. The van der Waals surface area contributed by atoms with Crippen LogP contribution in [0, 0.1) is 6.92 Å². The van der Waals surface area contributed by atoms with Crippen molar-refractivity contribution in [2.24, 2.45) is 0 Å². The zero-order valence-corrected chi connectivity index (χ0v) is 7.60. The Kier molecular flexibility index (Phi) is 2.30. The fourth-order valence-corrected chi connectivity index (χ4v) is 0.920. The third-order valence-electron chi connectivity index (χ3n) is 1.61. The normalized spacial score (nSPS) is 10.1. The number of aromatic amines is 1. The lowest BCUT2D eigenvalue weighted by Gasteiger charge is -2.00. The minimum absolute atomic E-state index is 0.480. The number of tetrazole rings is 1. The summed E-state index contributed by atoms with van der Waals surface area (Å²) in [5.74, 6) is 1.28. The van der Waals surface area contributed by atoms with E-state index >= 15 is 0 Å². The highest BCUT2D eigenvalue weighted by molar-refractivity contribution is 5.32. The van der Waals surface area contributed by atoms with Crippen LogP contribution in [-0.4, -0.2) is 30.8 Å². The number of nitrogens with one attached hydrogen (secondary N) is 2. The first-order valence-corrected chi connectivity index (χ1v) is 4.11. The Morgan fingerprint density at radius 2 is 2.21 bits per heavy atom. The quantitative estimate of drug-likeness (QED) is 0.704. The Morgan fingerprint density at radius 3 is 2.86 bits per heavy atom.